The third-order valence-electron chi connectivity index (χ3n) is 9.28. The zero-order valence-corrected chi connectivity index (χ0v) is 30.9. The fourth-order valence-electron chi connectivity index (χ4n) is 6.24. The molecular formula is C40H74O8. The largest absolute Gasteiger partial charge is 0.393 e. The second-order valence-corrected chi connectivity index (χ2v) is 14.4. The Morgan fingerprint density at radius 3 is 0.771 bits per heavy atom. The third-order valence-corrected chi connectivity index (χ3v) is 9.28. The standard InChI is InChI=1S/C40H74O8/c1-3-5-13-21-33(41)29-35(43)23-15-7-9-17-25-37(45)31-39(47)27-19-11-12-20-28-40(48)32-38(46)26-18-10-8-16-24-36(44)30-34(42)22-14-6-4-2/h33-34,37-38,41-42,45-46H,3-32H2,1-2H3. The van der Waals surface area contributed by atoms with E-state index in [1.54, 1.807) is 0 Å². The average Bonchev–Trinajstić information content (AvgIpc) is 3.02. The summed E-state index contributed by atoms with van der Waals surface area (Å²) in [6.07, 6.45) is 19.6. The Balaban J connectivity index is 3.66. The van der Waals surface area contributed by atoms with Crippen LogP contribution in [0.15, 0.2) is 0 Å². The highest BCUT2D eigenvalue weighted by atomic mass is 16.3. The number of carbonyl (C=O) groups excluding carboxylic acids is 4. The first-order valence-electron chi connectivity index (χ1n) is 19.9. The van der Waals surface area contributed by atoms with Crippen LogP contribution in [0.2, 0.25) is 0 Å². The fraction of sp³-hybridized carbons (Fsp3) is 0.900. The van der Waals surface area contributed by atoms with Gasteiger partial charge in [0.15, 0.2) is 0 Å². The first-order chi connectivity index (χ1) is 23.1. The molecule has 0 fully saturated rings. The second kappa shape index (κ2) is 32.7. The van der Waals surface area contributed by atoms with Crippen molar-refractivity contribution in [1.82, 2.24) is 0 Å². The van der Waals surface area contributed by atoms with E-state index < -0.39 is 24.4 Å². The van der Waals surface area contributed by atoms with E-state index in [1.165, 1.54) is 0 Å². The Morgan fingerprint density at radius 1 is 0.333 bits per heavy atom. The number of aliphatic hydroxyl groups is 4. The molecule has 48 heavy (non-hydrogen) atoms. The van der Waals surface area contributed by atoms with Crippen LogP contribution in [0, 0.1) is 0 Å². The number of Topliss-reactive ketones (excluding diaryl/α,β-unsaturated/α-hetero) is 4. The smallest absolute Gasteiger partial charge is 0.135 e. The number of hydrogen-bond acceptors (Lipinski definition) is 8. The molecular weight excluding hydrogens is 608 g/mol. The van der Waals surface area contributed by atoms with Gasteiger partial charge in [-0.15, -0.1) is 0 Å². The summed E-state index contributed by atoms with van der Waals surface area (Å²) >= 11 is 0. The van der Waals surface area contributed by atoms with Crippen LogP contribution in [0.4, 0.5) is 0 Å². The molecule has 0 saturated heterocycles. The molecule has 0 aliphatic carbocycles. The summed E-state index contributed by atoms with van der Waals surface area (Å²) in [4.78, 5) is 48.4. The Morgan fingerprint density at radius 2 is 0.542 bits per heavy atom. The van der Waals surface area contributed by atoms with Crippen molar-refractivity contribution < 1.29 is 39.6 Å². The van der Waals surface area contributed by atoms with Crippen molar-refractivity contribution in [3.8, 4) is 0 Å². The van der Waals surface area contributed by atoms with Gasteiger partial charge in [0.25, 0.3) is 0 Å². The topological polar surface area (TPSA) is 149 Å². The van der Waals surface area contributed by atoms with Gasteiger partial charge >= 0.3 is 0 Å². The Bertz CT molecular complexity index is 747. The predicted octanol–water partition coefficient (Wildman–Crippen LogP) is 8.45. The van der Waals surface area contributed by atoms with Crippen molar-refractivity contribution in [2.24, 2.45) is 0 Å². The van der Waals surface area contributed by atoms with Crippen LogP contribution in [0.1, 0.15) is 206 Å². The highest BCUT2D eigenvalue weighted by Crippen LogP contribution is 2.16. The molecule has 4 atom stereocenters. The molecule has 4 unspecified atom stereocenters. The summed E-state index contributed by atoms with van der Waals surface area (Å²) < 4.78 is 0. The monoisotopic (exact) mass is 683 g/mol. The van der Waals surface area contributed by atoms with E-state index in [-0.39, 0.29) is 48.8 Å². The van der Waals surface area contributed by atoms with E-state index in [1.807, 2.05) is 0 Å². The van der Waals surface area contributed by atoms with Gasteiger partial charge < -0.3 is 20.4 Å². The highest BCUT2D eigenvalue weighted by molar-refractivity contribution is 5.80. The first-order valence-corrected chi connectivity index (χ1v) is 19.9. The molecule has 0 aliphatic heterocycles. The molecule has 0 heterocycles. The molecule has 0 bridgehead atoms. The van der Waals surface area contributed by atoms with Crippen LogP contribution in [0.5, 0.6) is 0 Å². The third kappa shape index (κ3) is 31.8. The first kappa shape index (κ1) is 46.5. The normalized spacial score (nSPS) is 14.0. The van der Waals surface area contributed by atoms with E-state index >= 15 is 0 Å². The molecule has 0 aromatic carbocycles. The van der Waals surface area contributed by atoms with Crippen molar-refractivity contribution in [3.05, 3.63) is 0 Å². The average molecular weight is 683 g/mol. The summed E-state index contributed by atoms with van der Waals surface area (Å²) in [6, 6.07) is 0. The molecule has 0 rings (SSSR count). The van der Waals surface area contributed by atoms with E-state index in [0.717, 1.165) is 116 Å². The molecule has 282 valence electrons. The van der Waals surface area contributed by atoms with Crippen molar-refractivity contribution in [2.45, 2.75) is 231 Å². The zero-order chi connectivity index (χ0) is 35.8. The maximum absolute atomic E-state index is 12.2. The van der Waals surface area contributed by atoms with Gasteiger partial charge in [-0.3, -0.25) is 19.2 Å². The lowest BCUT2D eigenvalue weighted by Crippen LogP contribution is -2.14. The molecule has 0 saturated carbocycles. The molecule has 0 radical (unpaired) electrons. The minimum absolute atomic E-state index is 0.0768. The lowest BCUT2D eigenvalue weighted by atomic mass is 9.99. The van der Waals surface area contributed by atoms with Crippen LogP contribution < -0.4 is 0 Å². The quantitative estimate of drug-likeness (QED) is 0.0477. The van der Waals surface area contributed by atoms with Gasteiger partial charge in [-0.2, -0.15) is 0 Å². The van der Waals surface area contributed by atoms with Gasteiger partial charge in [0, 0.05) is 51.4 Å². The Hall–Kier alpha value is -1.48. The molecule has 4 N–H and O–H groups in total. The second-order valence-electron chi connectivity index (χ2n) is 14.4. The van der Waals surface area contributed by atoms with Gasteiger partial charge in [-0.1, -0.05) is 104 Å². The van der Waals surface area contributed by atoms with Crippen LogP contribution >= 0.6 is 0 Å². The molecule has 8 heteroatoms. The predicted molar refractivity (Wildman–Crippen MR) is 194 cm³/mol. The summed E-state index contributed by atoms with van der Waals surface area (Å²) in [7, 11) is 0. The van der Waals surface area contributed by atoms with Crippen LogP contribution in [0.25, 0.3) is 0 Å². The lowest BCUT2D eigenvalue weighted by molar-refractivity contribution is -0.122. The van der Waals surface area contributed by atoms with Crippen LogP contribution in [-0.2, 0) is 19.2 Å². The summed E-state index contributed by atoms with van der Waals surface area (Å²) in [6.45, 7) is 4.23. The summed E-state index contributed by atoms with van der Waals surface area (Å²) in [5.41, 5.74) is 0. The minimum atomic E-state index is -0.615. The molecule has 0 spiro atoms. The van der Waals surface area contributed by atoms with Gasteiger partial charge in [-0.05, 0) is 51.4 Å². The van der Waals surface area contributed by atoms with Crippen molar-refractivity contribution in [2.75, 3.05) is 0 Å². The minimum Gasteiger partial charge on any atom is -0.393 e. The zero-order valence-electron chi connectivity index (χ0n) is 30.9. The fourth-order valence-corrected chi connectivity index (χ4v) is 6.24. The van der Waals surface area contributed by atoms with E-state index in [2.05, 4.69) is 13.8 Å². The van der Waals surface area contributed by atoms with Gasteiger partial charge in [-0.25, -0.2) is 0 Å². The maximum Gasteiger partial charge on any atom is 0.135 e. The number of aliphatic hydroxyl groups excluding tert-OH is 4. The molecule has 8 nitrogen and oxygen atoms in total. The number of ketones is 4. The number of unbranched alkanes of at least 4 members (excludes halogenated alkanes) is 13. The van der Waals surface area contributed by atoms with Crippen LogP contribution in [-0.4, -0.2) is 68.0 Å². The molecule has 0 aliphatic rings. The van der Waals surface area contributed by atoms with Crippen molar-refractivity contribution in [3.63, 3.8) is 0 Å². The van der Waals surface area contributed by atoms with E-state index in [0.29, 0.717) is 51.4 Å². The maximum atomic E-state index is 12.2. The van der Waals surface area contributed by atoms with Crippen molar-refractivity contribution >= 4 is 23.1 Å². The number of carbonyl (C=O) groups is 4. The van der Waals surface area contributed by atoms with Gasteiger partial charge in [0.1, 0.15) is 23.1 Å². The number of rotatable bonds is 37. The lowest BCUT2D eigenvalue weighted by Gasteiger charge is -2.11. The number of hydrogen-bond donors (Lipinski definition) is 4. The molecule has 0 amide bonds. The molecule has 0 aromatic rings. The van der Waals surface area contributed by atoms with Crippen LogP contribution in [0.3, 0.4) is 0 Å². The SMILES string of the molecule is CCCCCC(O)CC(=O)CCCCCCC(O)CC(=O)CCCCCCC(=O)CC(O)CCCCCCC(=O)CC(O)CCCCC. The summed E-state index contributed by atoms with van der Waals surface area (Å²) in [5.74, 6) is 0.407. The highest BCUT2D eigenvalue weighted by Gasteiger charge is 2.14. The summed E-state index contributed by atoms with van der Waals surface area (Å²) in [5, 5.41) is 40.3. The Labute approximate surface area is 293 Å². The van der Waals surface area contributed by atoms with Gasteiger partial charge in [0.05, 0.1) is 24.4 Å². The van der Waals surface area contributed by atoms with Crippen molar-refractivity contribution in [1.29, 1.82) is 0 Å². The van der Waals surface area contributed by atoms with Gasteiger partial charge in [0.2, 0.25) is 0 Å². The Kier molecular flexibility index (Phi) is 31.7. The molecule has 0 aromatic heterocycles. The van der Waals surface area contributed by atoms with E-state index in [9.17, 15) is 39.6 Å². The van der Waals surface area contributed by atoms with E-state index in [4.69, 9.17) is 0 Å².